The number of benzene rings is 2. The van der Waals surface area contributed by atoms with Crippen LogP contribution in [0.25, 0.3) is 6.08 Å². The lowest BCUT2D eigenvalue weighted by molar-refractivity contribution is 1.31. The second-order valence-corrected chi connectivity index (χ2v) is 4.92. The van der Waals surface area contributed by atoms with Gasteiger partial charge in [-0.3, -0.25) is 0 Å². The molecule has 2 heteroatoms. The van der Waals surface area contributed by atoms with E-state index in [-0.39, 0.29) is 0 Å². The van der Waals surface area contributed by atoms with Crippen molar-refractivity contribution in [2.24, 2.45) is 0 Å². The largest absolute Gasteiger partial charge is 0.381 e. The highest BCUT2D eigenvalue weighted by Gasteiger charge is 1.99. The van der Waals surface area contributed by atoms with Gasteiger partial charge in [0.25, 0.3) is 0 Å². The average molecular weight is 302 g/mol. The molecule has 0 radical (unpaired) electrons. The summed E-state index contributed by atoms with van der Waals surface area (Å²) in [5.41, 5.74) is 3.60. The van der Waals surface area contributed by atoms with Crippen molar-refractivity contribution in [2.45, 2.75) is 6.92 Å². The number of hydrogen-bond donors (Lipinski definition) is 1. The minimum atomic E-state index is 0.816. The Morgan fingerprint density at radius 3 is 2.61 bits per heavy atom. The number of rotatable bonds is 4. The molecule has 1 nitrogen and oxygen atoms in total. The molecule has 0 saturated carbocycles. The van der Waals surface area contributed by atoms with E-state index in [9.17, 15) is 0 Å². The Morgan fingerprint density at radius 1 is 1.06 bits per heavy atom. The Bertz CT molecular complexity index is 532. The van der Waals surface area contributed by atoms with Crippen molar-refractivity contribution in [3.63, 3.8) is 0 Å². The van der Waals surface area contributed by atoms with Gasteiger partial charge in [-0.15, -0.1) is 0 Å². The van der Waals surface area contributed by atoms with E-state index in [1.165, 1.54) is 11.1 Å². The van der Waals surface area contributed by atoms with E-state index in [1.54, 1.807) is 0 Å². The van der Waals surface area contributed by atoms with Crippen LogP contribution >= 0.6 is 15.9 Å². The average Bonchev–Trinajstić information content (AvgIpc) is 2.40. The zero-order valence-electron chi connectivity index (χ0n) is 10.4. The van der Waals surface area contributed by atoms with Gasteiger partial charge in [-0.1, -0.05) is 54.6 Å². The molecule has 0 saturated heterocycles. The summed E-state index contributed by atoms with van der Waals surface area (Å²) in [7, 11) is 0. The van der Waals surface area contributed by atoms with Crippen molar-refractivity contribution in [3.8, 4) is 0 Å². The van der Waals surface area contributed by atoms with Gasteiger partial charge in [-0.2, -0.15) is 0 Å². The number of anilines is 1. The second-order valence-electron chi connectivity index (χ2n) is 4.13. The third kappa shape index (κ3) is 3.47. The molecule has 0 bridgehead atoms. The van der Waals surface area contributed by atoms with Gasteiger partial charge in [0, 0.05) is 16.7 Å². The first kappa shape index (κ1) is 12.9. The molecule has 0 atom stereocenters. The molecule has 0 fully saturated rings. The van der Waals surface area contributed by atoms with Crippen LogP contribution in [0.15, 0.2) is 59.1 Å². The molecular weight excluding hydrogens is 286 g/mol. The minimum Gasteiger partial charge on any atom is -0.381 e. The SMILES string of the molecule is Cc1cccc(NC/C=C/c2ccccc2)c1Br. The van der Waals surface area contributed by atoms with E-state index in [1.807, 2.05) is 18.2 Å². The summed E-state index contributed by atoms with van der Waals surface area (Å²) in [4.78, 5) is 0. The van der Waals surface area contributed by atoms with Gasteiger partial charge in [0.15, 0.2) is 0 Å². The lowest BCUT2D eigenvalue weighted by Gasteiger charge is -2.07. The van der Waals surface area contributed by atoms with E-state index in [4.69, 9.17) is 0 Å². The molecule has 0 aliphatic heterocycles. The van der Waals surface area contributed by atoms with Crippen LogP contribution in [-0.4, -0.2) is 6.54 Å². The summed E-state index contributed by atoms with van der Waals surface area (Å²) < 4.78 is 1.14. The minimum absolute atomic E-state index is 0.816. The van der Waals surface area contributed by atoms with Crippen LogP contribution in [0.5, 0.6) is 0 Å². The van der Waals surface area contributed by atoms with Crippen molar-refractivity contribution in [3.05, 3.63) is 70.2 Å². The highest BCUT2D eigenvalue weighted by atomic mass is 79.9. The van der Waals surface area contributed by atoms with Crippen molar-refractivity contribution in [1.29, 1.82) is 0 Å². The summed E-state index contributed by atoms with van der Waals surface area (Å²) in [6.07, 6.45) is 4.25. The Labute approximate surface area is 117 Å². The zero-order chi connectivity index (χ0) is 12.8. The van der Waals surface area contributed by atoms with Crippen molar-refractivity contribution in [1.82, 2.24) is 0 Å². The number of halogens is 1. The van der Waals surface area contributed by atoms with Gasteiger partial charge in [-0.05, 0) is 40.0 Å². The van der Waals surface area contributed by atoms with Gasteiger partial charge < -0.3 is 5.32 Å². The van der Waals surface area contributed by atoms with Crippen LogP contribution in [0.3, 0.4) is 0 Å². The third-order valence-corrected chi connectivity index (χ3v) is 3.76. The summed E-state index contributed by atoms with van der Waals surface area (Å²) in [5, 5.41) is 3.39. The normalized spacial score (nSPS) is 10.8. The van der Waals surface area contributed by atoms with Crippen LogP contribution in [0.2, 0.25) is 0 Å². The van der Waals surface area contributed by atoms with Crippen LogP contribution in [-0.2, 0) is 0 Å². The van der Waals surface area contributed by atoms with Crippen LogP contribution in [0.4, 0.5) is 5.69 Å². The van der Waals surface area contributed by atoms with Gasteiger partial charge >= 0.3 is 0 Å². The van der Waals surface area contributed by atoms with Crippen molar-refractivity contribution < 1.29 is 0 Å². The smallest absolute Gasteiger partial charge is 0.0489 e. The van der Waals surface area contributed by atoms with Crippen molar-refractivity contribution >= 4 is 27.7 Å². The van der Waals surface area contributed by atoms with E-state index < -0.39 is 0 Å². The number of hydrogen-bond acceptors (Lipinski definition) is 1. The lowest BCUT2D eigenvalue weighted by Crippen LogP contribution is -1.99. The number of aryl methyl sites for hydroxylation is 1. The molecule has 0 aromatic heterocycles. The molecule has 0 aliphatic carbocycles. The first-order chi connectivity index (χ1) is 8.77. The molecule has 92 valence electrons. The third-order valence-electron chi connectivity index (χ3n) is 2.71. The molecule has 0 heterocycles. The fraction of sp³-hybridized carbons (Fsp3) is 0.125. The highest BCUT2D eigenvalue weighted by molar-refractivity contribution is 9.10. The van der Waals surface area contributed by atoms with Crippen LogP contribution in [0.1, 0.15) is 11.1 Å². The van der Waals surface area contributed by atoms with Crippen LogP contribution in [0, 0.1) is 6.92 Å². The Kier molecular flexibility index (Phi) is 4.59. The Hall–Kier alpha value is -1.54. The van der Waals surface area contributed by atoms with Gasteiger partial charge in [0.1, 0.15) is 0 Å². The standard InChI is InChI=1S/C16H16BrN/c1-13-7-5-11-15(16(13)17)18-12-6-10-14-8-3-2-4-9-14/h2-11,18H,12H2,1H3/b10-6+. The summed E-state index contributed by atoms with van der Waals surface area (Å²) in [6.45, 7) is 2.91. The summed E-state index contributed by atoms with van der Waals surface area (Å²) >= 11 is 3.59. The molecule has 18 heavy (non-hydrogen) atoms. The maximum atomic E-state index is 3.59. The first-order valence-corrected chi connectivity index (χ1v) is 6.77. The molecule has 2 aromatic rings. The van der Waals surface area contributed by atoms with E-state index in [2.05, 4.69) is 70.7 Å². The second kappa shape index (κ2) is 6.41. The molecule has 2 rings (SSSR count). The quantitative estimate of drug-likeness (QED) is 0.848. The monoisotopic (exact) mass is 301 g/mol. The van der Waals surface area contributed by atoms with Gasteiger partial charge in [0.05, 0.1) is 0 Å². The fourth-order valence-corrected chi connectivity index (χ4v) is 2.12. The van der Waals surface area contributed by atoms with E-state index in [0.717, 1.165) is 16.7 Å². The van der Waals surface area contributed by atoms with Gasteiger partial charge in [0.2, 0.25) is 0 Å². The Balaban J connectivity index is 1.93. The summed E-state index contributed by atoms with van der Waals surface area (Å²) in [5.74, 6) is 0. The van der Waals surface area contributed by atoms with Crippen molar-refractivity contribution in [2.75, 3.05) is 11.9 Å². The van der Waals surface area contributed by atoms with E-state index in [0.29, 0.717) is 0 Å². The lowest BCUT2D eigenvalue weighted by atomic mass is 10.2. The molecule has 2 aromatic carbocycles. The van der Waals surface area contributed by atoms with Crippen LogP contribution < -0.4 is 5.32 Å². The topological polar surface area (TPSA) is 12.0 Å². The molecule has 0 aliphatic rings. The molecule has 0 spiro atoms. The van der Waals surface area contributed by atoms with E-state index >= 15 is 0 Å². The zero-order valence-corrected chi connectivity index (χ0v) is 11.9. The Morgan fingerprint density at radius 2 is 1.83 bits per heavy atom. The number of nitrogens with one attached hydrogen (secondary N) is 1. The molecule has 1 N–H and O–H groups in total. The fourth-order valence-electron chi connectivity index (χ4n) is 1.71. The molecular formula is C16H16BrN. The molecule has 0 unspecified atom stereocenters. The summed E-state index contributed by atoms with van der Waals surface area (Å²) in [6, 6.07) is 16.5. The predicted molar refractivity (Wildman–Crippen MR) is 82.8 cm³/mol. The predicted octanol–water partition coefficient (Wildman–Crippen LogP) is 4.88. The maximum Gasteiger partial charge on any atom is 0.0489 e. The maximum absolute atomic E-state index is 3.59. The molecule has 0 amide bonds. The highest BCUT2D eigenvalue weighted by Crippen LogP contribution is 2.25. The first-order valence-electron chi connectivity index (χ1n) is 5.98. The van der Waals surface area contributed by atoms with Gasteiger partial charge in [-0.25, -0.2) is 0 Å².